The average Bonchev–Trinajstić information content (AvgIpc) is 2.82. The molecule has 4 aromatic heterocycles. The number of hydrogen-bond donors (Lipinski definition) is 0. The van der Waals surface area contributed by atoms with Crippen molar-refractivity contribution in [2.24, 2.45) is 0 Å². The van der Waals surface area contributed by atoms with Crippen LogP contribution in [0.15, 0.2) is 58.6 Å². The van der Waals surface area contributed by atoms with Gasteiger partial charge in [0.25, 0.3) is 5.56 Å². The Morgan fingerprint density at radius 1 is 1.06 bits per heavy atom. The van der Waals surface area contributed by atoms with Crippen LogP contribution in [0.1, 0.15) is 42.5 Å². The second-order valence-electron chi connectivity index (χ2n) is 8.17. The molecule has 9 heteroatoms. The molecule has 0 spiro atoms. The molecule has 34 heavy (non-hydrogen) atoms. The van der Waals surface area contributed by atoms with Crippen molar-refractivity contribution in [3.8, 4) is 17.1 Å². The molecule has 0 saturated heterocycles. The number of halogens is 2. The van der Waals surface area contributed by atoms with Gasteiger partial charge in [0, 0.05) is 34.7 Å². The summed E-state index contributed by atoms with van der Waals surface area (Å²) in [5, 5.41) is 0.125. The minimum absolute atomic E-state index is 0.125. The third kappa shape index (κ3) is 5.03. The van der Waals surface area contributed by atoms with Crippen molar-refractivity contribution in [3.05, 3.63) is 92.9 Å². The third-order valence-electron chi connectivity index (χ3n) is 5.23. The van der Waals surface area contributed by atoms with Gasteiger partial charge in [-0.1, -0.05) is 25.4 Å². The predicted octanol–water partition coefficient (Wildman–Crippen LogP) is 5.91. The van der Waals surface area contributed by atoms with Crippen molar-refractivity contribution < 1.29 is 4.39 Å². The highest BCUT2D eigenvalue weighted by Gasteiger charge is 2.17. The summed E-state index contributed by atoms with van der Waals surface area (Å²) in [6.07, 6.45) is 4.62. The fraction of sp³-hybridized carbons (Fsp3) is 0.240. The molecule has 0 aromatic carbocycles. The topological polar surface area (TPSA) is 73.6 Å². The largest absolute Gasteiger partial charge is 0.280 e. The maximum Gasteiger partial charge on any atom is 0.275 e. The molecule has 0 amide bonds. The number of hydrogen-bond acceptors (Lipinski definition) is 6. The van der Waals surface area contributed by atoms with Crippen LogP contribution in [-0.4, -0.2) is 24.5 Å². The number of pyridine rings is 3. The zero-order valence-electron chi connectivity index (χ0n) is 19.2. The summed E-state index contributed by atoms with van der Waals surface area (Å²) in [4.78, 5) is 31.5. The van der Waals surface area contributed by atoms with Crippen LogP contribution in [0.25, 0.3) is 17.1 Å². The monoisotopic (exact) mass is 495 g/mol. The van der Waals surface area contributed by atoms with Crippen LogP contribution in [-0.2, 0) is 5.75 Å². The maximum absolute atomic E-state index is 13.3. The van der Waals surface area contributed by atoms with E-state index in [9.17, 15) is 9.18 Å². The molecule has 0 atom stereocenters. The fourth-order valence-electron chi connectivity index (χ4n) is 3.42. The highest BCUT2D eigenvalue weighted by atomic mass is 35.5. The molecule has 0 unspecified atom stereocenters. The Labute approximate surface area is 206 Å². The number of thioether (sulfide) groups is 1. The Bertz CT molecular complexity index is 1410. The van der Waals surface area contributed by atoms with Crippen molar-refractivity contribution in [1.29, 1.82) is 0 Å². The number of aryl methyl sites for hydroxylation is 2. The summed E-state index contributed by atoms with van der Waals surface area (Å²) in [6, 6.07) is 8.50. The molecule has 0 bridgehead atoms. The first-order valence-corrected chi connectivity index (χ1v) is 12.1. The van der Waals surface area contributed by atoms with Crippen molar-refractivity contribution in [3.63, 3.8) is 0 Å². The van der Waals surface area contributed by atoms with Gasteiger partial charge in [-0.2, -0.15) is 0 Å². The Balaban J connectivity index is 1.71. The van der Waals surface area contributed by atoms with Crippen molar-refractivity contribution in [2.75, 3.05) is 0 Å². The molecule has 0 aliphatic carbocycles. The second kappa shape index (κ2) is 10.0. The zero-order valence-corrected chi connectivity index (χ0v) is 20.8. The van der Waals surface area contributed by atoms with Crippen LogP contribution in [0.4, 0.5) is 4.39 Å². The molecule has 0 fully saturated rings. The fourth-order valence-corrected chi connectivity index (χ4v) is 4.66. The lowest BCUT2D eigenvalue weighted by molar-refractivity contribution is 0.620. The van der Waals surface area contributed by atoms with E-state index in [0.29, 0.717) is 33.4 Å². The van der Waals surface area contributed by atoms with Gasteiger partial charge in [-0.15, -0.1) is 11.8 Å². The maximum atomic E-state index is 13.3. The van der Waals surface area contributed by atoms with E-state index in [4.69, 9.17) is 11.6 Å². The normalized spacial score (nSPS) is 11.3. The summed E-state index contributed by atoms with van der Waals surface area (Å²) < 4.78 is 14.7. The van der Waals surface area contributed by atoms with Crippen molar-refractivity contribution in [1.82, 2.24) is 24.5 Å². The van der Waals surface area contributed by atoms with E-state index in [1.165, 1.54) is 24.0 Å². The molecule has 4 heterocycles. The number of rotatable bonds is 6. The first-order valence-electron chi connectivity index (χ1n) is 10.7. The summed E-state index contributed by atoms with van der Waals surface area (Å²) >= 11 is 7.89. The van der Waals surface area contributed by atoms with Crippen LogP contribution in [0.5, 0.6) is 0 Å². The molecule has 0 N–H and O–H groups in total. The first-order chi connectivity index (χ1) is 16.2. The van der Waals surface area contributed by atoms with E-state index in [2.05, 4.69) is 19.9 Å². The lowest BCUT2D eigenvalue weighted by Gasteiger charge is -2.16. The van der Waals surface area contributed by atoms with Gasteiger partial charge >= 0.3 is 0 Å². The van der Waals surface area contributed by atoms with Gasteiger partial charge in [0.05, 0.1) is 29.0 Å². The van der Waals surface area contributed by atoms with Crippen LogP contribution in [0.3, 0.4) is 0 Å². The lowest BCUT2D eigenvalue weighted by Crippen LogP contribution is -2.22. The minimum Gasteiger partial charge on any atom is -0.280 e. The van der Waals surface area contributed by atoms with Crippen molar-refractivity contribution in [2.45, 2.75) is 44.3 Å². The molecule has 0 saturated carbocycles. The SMILES string of the molecule is Cc1cnc(-c2ccnc(C(C)C)n2)cc1-n1c(C)cc(SCc2ccc(F)cn2)c(Cl)c1=O. The Morgan fingerprint density at radius 2 is 1.85 bits per heavy atom. The first kappa shape index (κ1) is 24.0. The van der Waals surface area contributed by atoms with Crippen LogP contribution in [0, 0.1) is 19.7 Å². The van der Waals surface area contributed by atoms with Gasteiger partial charge in [-0.25, -0.2) is 14.4 Å². The molecule has 174 valence electrons. The summed E-state index contributed by atoms with van der Waals surface area (Å²) in [5.41, 5.74) is 3.97. The number of nitrogens with zero attached hydrogens (tertiary/aromatic N) is 5. The Hall–Kier alpha value is -3.10. The van der Waals surface area contributed by atoms with Gasteiger partial charge in [0.2, 0.25) is 0 Å². The molecule has 6 nitrogen and oxygen atoms in total. The Morgan fingerprint density at radius 3 is 2.56 bits per heavy atom. The lowest BCUT2D eigenvalue weighted by atomic mass is 10.1. The second-order valence-corrected chi connectivity index (χ2v) is 9.57. The van der Waals surface area contributed by atoms with E-state index in [-0.39, 0.29) is 22.3 Å². The predicted molar refractivity (Wildman–Crippen MR) is 133 cm³/mol. The van der Waals surface area contributed by atoms with E-state index in [1.807, 2.05) is 39.8 Å². The molecule has 4 rings (SSSR count). The molecule has 0 radical (unpaired) electrons. The zero-order chi connectivity index (χ0) is 24.4. The molecule has 0 aliphatic heterocycles. The van der Waals surface area contributed by atoms with Crippen LogP contribution < -0.4 is 5.56 Å². The van der Waals surface area contributed by atoms with E-state index in [0.717, 1.165) is 17.1 Å². The molecular weight excluding hydrogens is 473 g/mol. The van der Waals surface area contributed by atoms with Gasteiger partial charge in [0.1, 0.15) is 16.7 Å². The van der Waals surface area contributed by atoms with Crippen LogP contribution in [0.2, 0.25) is 5.02 Å². The molecule has 0 aliphatic rings. The molecular formula is C25H23ClFN5OS. The van der Waals surface area contributed by atoms with E-state index in [1.54, 1.807) is 29.1 Å². The van der Waals surface area contributed by atoms with Gasteiger partial charge in [-0.3, -0.25) is 19.3 Å². The third-order valence-corrected chi connectivity index (χ3v) is 6.78. The smallest absolute Gasteiger partial charge is 0.275 e. The van der Waals surface area contributed by atoms with Gasteiger partial charge in [0.15, 0.2) is 0 Å². The van der Waals surface area contributed by atoms with Crippen LogP contribution >= 0.6 is 23.4 Å². The minimum atomic E-state index is -0.389. The number of aromatic nitrogens is 5. The van der Waals surface area contributed by atoms with Gasteiger partial charge in [-0.05, 0) is 49.7 Å². The standard InChI is InChI=1S/C25H23ClFN5OS/c1-14(2)24-28-8-7-19(31-24)20-10-21(15(3)11-30-20)32-16(4)9-22(23(26)25(32)33)34-13-18-6-5-17(27)12-29-18/h5-12,14H,13H2,1-4H3. The highest BCUT2D eigenvalue weighted by molar-refractivity contribution is 7.98. The Kier molecular flexibility index (Phi) is 7.09. The van der Waals surface area contributed by atoms with E-state index < -0.39 is 0 Å². The van der Waals surface area contributed by atoms with Crippen molar-refractivity contribution >= 4 is 23.4 Å². The quantitative estimate of drug-likeness (QED) is 0.309. The summed E-state index contributed by atoms with van der Waals surface area (Å²) in [5.74, 6) is 0.992. The van der Waals surface area contributed by atoms with E-state index >= 15 is 0 Å². The van der Waals surface area contributed by atoms with Gasteiger partial charge < -0.3 is 0 Å². The highest BCUT2D eigenvalue weighted by Crippen LogP contribution is 2.30. The summed E-state index contributed by atoms with van der Waals surface area (Å²) in [6.45, 7) is 7.82. The molecule has 4 aromatic rings. The summed E-state index contributed by atoms with van der Waals surface area (Å²) in [7, 11) is 0. The average molecular weight is 496 g/mol.